The summed E-state index contributed by atoms with van der Waals surface area (Å²) in [4.78, 5) is 22.8. The summed E-state index contributed by atoms with van der Waals surface area (Å²) in [6, 6.07) is 36.0. The first-order valence-corrected chi connectivity index (χ1v) is 18.3. The van der Waals surface area contributed by atoms with Gasteiger partial charge in [0.15, 0.2) is 11.5 Å². The molecule has 4 aromatic carbocycles. The lowest BCUT2D eigenvalue weighted by Crippen LogP contribution is -2.48. The number of esters is 1. The topological polar surface area (TPSA) is 121 Å². The van der Waals surface area contributed by atoms with E-state index in [1.165, 1.54) is 6.07 Å². The minimum atomic E-state index is -3.73. The number of fused-ring (bicyclic) bond motifs is 2. The van der Waals surface area contributed by atoms with Crippen molar-refractivity contribution in [2.75, 3.05) is 49.5 Å². The van der Waals surface area contributed by atoms with Crippen molar-refractivity contribution in [3.05, 3.63) is 132 Å². The molecule has 2 aliphatic heterocycles. The Kier molecular flexibility index (Phi) is 8.54. The van der Waals surface area contributed by atoms with Crippen molar-refractivity contribution in [2.24, 2.45) is 4.40 Å². The van der Waals surface area contributed by atoms with Gasteiger partial charge in [-0.15, -0.1) is 4.40 Å². The van der Waals surface area contributed by atoms with E-state index in [9.17, 15) is 13.2 Å². The van der Waals surface area contributed by atoms with Gasteiger partial charge in [0.2, 0.25) is 0 Å². The molecule has 1 fully saturated rings. The second-order valence-electron chi connectivity index (χ2n) is 12.5. The van der Waals surface area contributed by atoms with Crippen LogP contribution in [0.1, 0.15) is 21.6 Å². The van der Waals surface area contributed by atoms with Crippen LogP contribution in [0.2, 0.25) is 0 Å². The monoisotopic (exact) mass is 697 g/mol. The summed E-state index contributed by atoms with van der Waals surface area (Å²) >= 11 is 0. The van der Waals surface area contributed by atoms with Crippen molar-refractivity contribution in [3.8, 4) is 22.4 Å². The predicted molar refractivity (Wildman–Crippen MR) is 198 cm³/mol. The van der Waals surface area contributed by atoms with Gasteiger partial charge in [-0.25, -0.2) is 9.78 Å². The Morgan fingerprint density at radius 3 is 2.22 bits per heavy atom. The summed E-state index contributed by atoms with van der Waals surface area (Å²) in [6.07, 6.45) is 0. The summed E-state index contributed by atoms with van der Waals surface area (Å²) in [5, 5.41) is 8.02. The second kappa shape index (κ2) is 13.5. The summed E-state index contributed by atoms with van der Waals surface area (Å²) in [5.41, 5.74) is 7.37. The molecule has 4 heterocycles. The normalized spacial score (nSPS) is 15.4. The lowest BCUT2D eigenvalue weighted by molar-refractivity contribution is 0.0459. The zero-order chi connectivity index (χ0) is 35.0. The number of hydrogen-bond donors (Lipinski definition) is 1. The molecule has 6 aromatic rings. The predicted octanol–water partition coefficient (Wildman–Crippen LogP) is 5.91. The number of aromatic nitrogens is 3. The number of nitrogens with zero attached hydrogens (tertiary/aromatic N) is 6. The number of nitrogens with one attached hydrogen (secondary N) is 1. The smallest absolute Gasteiger partial charge is 0.338 e. The lowest BCUT2D eigenvalue weighted by atomic mass is 10.1. The molecule has 2 aliphatic rings. The number of piperazine rings is 1. The molecule has 0 bridgehead atoms. The number of aryl methyl sites for hydroxylation is 1. The standard InChI is InChI=1S/C39H35N7O4S/c1-27-36(29-12-6-3-7-13-29)38-41-33(28-10-4-2-5-11-28)26-35(46(38)42-27)45-22-20-44(21-23-45)24-25-50-39(47)30-16-18-31(19-17-30)40-37-32-14-8-9-15-34(32)51(48,49)43-37/h2-19,26H,20-25H2,1H3,(H,40,43). The summed E-state index contributed by atoms with van der Waals surface area (Å²) in [6.45, 7) is 6.09. The van der Waals surface area contributed by atoms with E-state index in [0.717, 1.165) is 65.7 Å². The largest absolute Gasteiger partial charge is 0.461 e. The second-order valence-corrected chi connectivity index (χ2v) is 14.1. The highest BCUT2D eigenvalue weighted by atomic mass is 32.2. The third-order valence-electron chi connectivity index (χ3n) is 9.23. The van der Waals surface area contributed by atoms with Gasteiger partial charge in [-0.1, -0.05) is 72.8 Å². The van der Waals surface area contributed by atoms with Crippen LogP contribution in [0, 0.1) is 6.92 Å². The van der Waals surface area contributed by atoms with Gasteiger partial charge in [-0.3, -0.25) is 4.90 Å². The van der Waals surface area contributed by atoms with Gasteiger partial charge in [0.1, 0.15) is 17.3 Å². The number of amidine groups is 1. The molecule has 51 heavy (non-hydrogen) atoms. The van der Waals surface area contributed by atoms with Gasteiger partial charge in [0.25, 0.3) is 10.0 Å². The minimum absolute atomic E-state index is 0.173. The Balaban J connectivity index is 0.902. The van der Waals surface area contributed by atoms with Crippen LogP contribution in [0.5, 0.6) is 0 Å². The van der Waals surface area contributed by atoms with Crippen LogP contribution in [0.3, 0.4) is 0 Å². The molecule has 1 saturated heterocycles. The molecule has 0 unspecified atom stereocenters. The molecule has 0 radical (unpaired) electrons. The molecular weight excluding hydrogens is 663 g/mol. The Bertz CT molecular complexity index is 2370. The van der Waals surface area contributed by atoms with Crippen molar-refractivity contribution in [3.63, 3.8) is 0 Å². The first-order chi connectivity index (χ1) is 24.8. The SMILES string of the molecule is Cc1nn2c(N3CCN(CCOC(=O)c4ccc(NC5=NS(=O)(=O)c6ccccc65)cc4)CC3)cc(-c3ccccc3)nc2c1-c1ccccc1. The molecule has 0 spiro atoms. The maximum atomic E-state index is 12.8. The highest BCUT2D eigenvalue weighted by Crippen LogP contribution is 2.33. The molecule has 12 heteroatoms. The fourth-order valence-corrected chi connectivity index (χ4v) is 7.78. The quantitative estimate of drug-likeness (QED) is 0.194. The van der Waals surface area contributed by atoms with Gasteiger partial charge in [-0.05, 0) is 48.9 Å². The maximum absolute atomic E-state index is 12.8. The number of sulfonamides is 1. The molecule has 0 amide bonds. The summed E-state index contributed by atoms with van der Waals surface area (Å²) in [7, 11) is -3.73. The zero-order valence-electron chi connectivity index (χ0n) is 27.9. The molecule has 256 valence electrons. The van der Waals surface area contributed by atoms with Crippen molar-refractivity contribution < 1.29 is 17.9 Å². The van der Waals surface area contributed by atoms with Crippen LogP contribution in [0.4, 0.5) is 11.5 Å². The molecule has 0 atom stereocenters. The fourth-order valence-electron chi connectivity index (χ4n) is 6.61. The van der Waals surface area contributed by atoms with E-state index in [1.54, 1.807) is 42.5 Å². The van der Waals surface area contributed by atoms with Gasteiger partial charge in [-0.2, -0.15) is 18.0 Å². The number of anilines is 2. The Morgan fingerprint density at radius 2 is 1.49 bits per heavy atom. The van der Waals surface area contributed by atoms with Crippen molar-refractivity contribution in [1.82, 2.24) is 19.5 Å². The van der Waals surface area contributed by atoms with Crippen LogP contribution < -0.4 is 10.2 Å². The Morgan fingerprint density at radius 1 is 0.824 bits per heavy atom. The average Bonchev–Trinajstić information content (AvgIpc) is 3.63. The number of carbonyl (C=O) groups is 1. The van der Waals surface area contributed by atoms with Crippen molar-refractivity contribution in [2.45, 2.75) is 11.8 Å². The first-order valence-electron chi connectivity index (χ1n) is 16.8. The summed E-state index contributed by atoms with van der Waals surface area (Å²) < 4.78 is 36.2. The fraction of sp³-hybridized carbons (Fsp3) is 0.179. The number of benzene rings is 4. The molecule has 0 saturated carbocycles. The van der Waals surface area contributed by atoms with E-state index in [2.05, 4.69) is 49.8 Å². The zero-order valence-corrected chi connectivity index (χ0v) is 28.8. The van der Waals surface area contributed by atoms with Crippen molar-refractivity contribution in [1.29, 1.82) is 0 Å². The molecule has 8 rings (SSSR count). The third-order valence-corrected chi connectivity index (χ3v) is 10.6. The molecular formula is C39H35N7O4S. The molecule has 2 aromatic heterocycles. The molecule has 11 nitrogen and oxygen atoms in total. The van der Waals surface area contributed by atoms with Crippen LogP contribution in [0.25, 0.3) is 28.0 Å². The lowest BCUT2D eigenvalue weighted by Gasteiger charge is -2.36. The van der Waals surface area contributed by atoms with E-state index >= 15 is 0 Å². The molecule has 0 aliphatic carbocycles. The van der Waals surface area contributed by atoms with E-state index in [0.29, 0.717) is 23.4 Å². The Labute approximate surface area is 295 Å². The number of ether oxygens (including phenoxy) is 1. The average molecular weight is 698 g/mol. The Hall–Kier alpha value is -5.85. The third kappa shape index (κ3) is 6.46. The summed E-state index contributed by atoms with van der Waals surface area (Å²) in [5.74, 6) is 0.837. The van der Waals surface area contributed by atoms with Crippen LogP contribution in [0.15, 0.2) is 125 Å². The van der Waals surface area contributed by atoms with E-state index < -0.39 is 16.0 Å². The number of rotatable bonds is 8. The molecule has 1 N–H and O–H groups in total. The van der Waals surface area contributed by atoms with E-state index in [-0.39, 0.29) is 17.3 Å². The van der Waals surface area contributed by atoms with Gasteiger partial charge in [0.05, 0.1) is 17.0 Å². The first kappa shape index (κ1) is 32.4. The number of carbonyl (C=O) groups excluding carboxylic acids is 1. The minimum Gasteiger partial charge on any atom is -0.461 e. The van der Waals surface area contributed by atoms with Crippen LogP contribution in [-0.2, 0) is 14.8 Å². The maximum Gasteiger partial charge on any atom is 0.338 e. The highest BCUT2D eigenvalue weighted by Gasteiger charge is 2.28. The van der Waals surface area contributed by atoms with E-state index in [1.807, 2.05) is 47.8 Å². The van der Waals surface area contributed by atoms with Gasteiger partial charge >= 0.3 is 5.97 Å². The highest BCUT2D eigenvalue weighted by molar-refractivity contribution is 7.90. The van der Waals surface area contributed by atoms with Crippen LogP contribution in [-0.4, -0.2) is 79.1 Å². The van der Waals surface area contributed by atoms with Crippen molar-refractivity contribution >= 4 is 39.0 Å². The van der Waals surface area contributed by atoms with Crippen LogP contribution >= 0.6 is 0 Å². The van der Waals surface area contributed by atoms with Gasteiger partial charge in [0, 0.05) is 61.2 Å². The van der Waals surface area contributed by atoms with E-state index in [4.69, 9.17) is 14.8 Å². The number of hydrogen-bond acceptors (Lipinski definition) is 9. The van der Waals surface area contributed by atoms with Gasteiger partial charge < -0.3 is 15.0 Å².